The van der Waals surface area contributed by atoms with Crippen LogP contribution in [0.25, 0.3) is 5.57 Å². The van der Waals surface area contributed by atoms with Gasteiger partial charge in [0.2, 0.25) is 11.7 Å². The van der Waals surface area contributed by atoms with Gasteiger partial charge in [0.1, 0.15) is 5.82 Å². The maximum atomic E-state index is 14.6. The number of ether oxygens (including phenoxy) is 1. The summed E-state index contributed by atoms with van der Waals surface area (Å²) in [5.41, 5.74) is 3.39. The number of hydrogen-bond acceptors (Lipinski definition) is 4. The second kappa shape index (κ2) is 9.77. The van der Waals surface area contributed by atoms with Crippen molar-refractivity contribution in [3.8, 4) is 0 Å². The summed E-state index contributed by atoms with van der Waals surface area (Å²) in [5, 5.41) is 4.36. The number of anilines is 2. The van der Waals surface area contributed by atoms with Crippen molar-refractivity contribution in [2.45, 2.75) is 19.5 Å². The number of benzene rings is 2. The van der Waals surface area contributed by atoms with E-state index < -0.39 is 35.1 Å². The van der Waals surface area contributed by atoms with Gasteiger partial charge in [0.15, 0.2) is 5.76 Å². The molecule has 0 aromatic heterocycles. The van der Waals surface area contributed by atoms with Crippen LogP contribution < -0.4 is 16.4 Å². The third kappa shape index (κ3) is 5.61. The smallest absolute Gasteiger partial charge is 0.417 e. The second-order valence-corrected chi connectivity index (χ2v) is 7.12. The van der Waals surface area contributed by atoms with Crippen molar-refractivity contribution in [3.05, 3.63) is 76.8 Å². The fourth-order valence-electron chi connectivity index (χ4n) is 3.21. The number of carbonyl (C=O) groups is 3. The highest BCUT2D eigenvalue weighted by molar-refractivity contribution is 6.02. The summed E-state index contributed by atoms with van der Waals surface area (Å²) in [5.74, 6) is -2.11. The van der Waals surface area contributed by atoms with E-state index in [0.717, 1.165) is 18.2 Å². The van der Waals surface area contributed by atoms with E-state index in [2.05, 4.69) is 10.6 Å². The first-order valence-corrected chi connectivity index (χ1v) is 9.96. The molecule has 0 radical (unpaired) electrons. The van der Waals surface area contributed by atoms with Gasteiger partial charge >= 0.3 is 12.2 Å². The van der Waals surface area contributed by atoms with Crippen LogP contribution in [0.15, 0.2) is 54.3 Å². The van der Waals surface area contributed by atoms with Crippen molar-refractivity contribution in [3.63, 3.8) is 0 Å². The molecular weight excluding hydrogens is 458 g/mol. The summed E-state index contributed by atoms with van der Waals surface area (Å²) in [6.07, 6.45) is -1.67. The lowest BCUT2D eigenvalue weighted by molar-refractivity contribution is -0.137. The Morgan fingerprint density at radius 2 is 1.85 bits per heavy atom. The first-order chi connectivity index (χ1) is 16.0. The van der Waals surface area contributed by atoms with Crippen molar-refractivity contribution >= 4 is 34.7 Å². The highest BCUT2D eigenvalue weighted by atomic mass is 19.4. The number of primary amides is 1. The molecule has 3 rings (SSSR count). The monoisotopic (exact) mass is 477 g/mol. The van der Waals surface area contributed by atoms with Gasteiger partial charge in [0, 0.05) is 12.1 Å². The molecule has 2 aromatic carbocycles. The Bertz CT molecular complexity index is 1220. The predicted molar refractivity (Wildman–Crippen MR) is 116 cm³/mol. The molecule has 1 aliphatic rings. The van der Waals surface area contributed by atoms with Crippen LogP contribution in [0.4, 0.5) is 33.7 Å². The fourth-order valence-corrected chi connectivity index (χ4v) is 3.21. The SMILES string of the molecule is CCOC1=CC(c2ccc(NC(=O)Nc3ccc(C(N)=O)c(C(F)(F)F)c3)c(F)c2)=CCC1=O. The molecule has 1 aliphatic carbocycles. The van der Waals surface area contributed by atoms with Gasteiger partial charge in [-0.05, 0) is 54.5 Å². The van der Waals surface area contributed by atoms with Crippen LogP contribution in [0.1, 0.15) is 34.8 Å². The number of carbonyl (C=O) groups excluding carboxylic acids is 3. The summed E-state index contributed by atoms with van der Waals surface area (Å²) in [4.78, 5) is 35.3. The van der Waals surface area contributed by atoms with Crippen molar-refractivity contribution in [2.24, 2.45) is 5.73 Å². The minimum atomic E-state index is -4.88. The number of urea groups is 1. The van der Waals surface area contributed by atoms with Crippen LogP contribution >= 0.6 is 0 Å². The Labute approximate surface area is 191 Å². The van der Waals surface area contributed by atoms with E-state index in [-0.39, 0.29) is 29.3 Å². The van der Waals surface area contributed by atoms with Gasteiger partial charge < -0.3 is 21.1 Å². The predicted octanol–water partition coefficient (Wildman–Crippen LogP) is 4.86. The zero-order valence-electron chi connectivity index (χ0n) is 17.8. The molecule has 0 atom stereocenters. The number of Topliss-reactive ketones (excluding diaryl/α,β-unsaturated/α-hetero) is 1. The molecule has 3 amide bonds. The van der Waals surface area contributed by atoms with Gasteiger partial charge in [0.25, 0.3) is 0 Å². The Balaban J connectivity index is 1.75. The van der Waals surface area contributed by atoms with Gasteiger partial charge in [0.05, 0.1) is 23.4 Å². The van der Waals surface area contributed by atoms with Gasteiger partial charge in [-0.3, -0.25) is 9.59 Å². The normalized spacial score (nSPS) is 13.6. The molecule has 0 heterocycles. The molecule has 0 bridgehead atoms. The molecule has 0 fully saturated rings. The third-order valence-electron chi connectivity index (χ3n) is 4.77. The summed E-state index contributed by atoms with van der Waals surface area (Å²) in [7, 11) is 0. The number of nitrogens with one attached hydrogen (secondary N) is 2. The van der Waals surface area contributed by atoms with E-state index in [1.807, 2.05) is 0 Å². The van der Waals surface area contributed by atoms with Crippen LogP contribution in [0.2, 0.25) is 0 Å². The molecular formula is C23H19F4N3O4. The van der Waals surface area contributed by atoms with Gasteiger partial charge in [-0.25, -0.2) is 9.18 Å². The van der Waals surface area contributed by atoms with Crippen LogP contribution in [0.5, 0.6) is 0 Å². The van der Waals surface area contributed by atoms with E-state index in [9.17, 15) is 31.9 Å². The molecule has 2 aromatic rings. The average Bonchev–Trinajstić information content (AvgIpc) is 2.76. The fraction of sp³-hybridized carbons (Fsp3) is 0.174. The number of hydrogen-bond donors (Lipinski definition) is 3. The van der Waals surface area contributed by atoms with Gasteiger partial charge in [-0.15, -0.1) is 0 Å². The average molecular weight is 477 g/mol. The van der Waals surface area contributed by atoms with Crippen LogP contribution in [-0.2, 0) is 15.7 Å². The number of ketones is 1. The minimum Gasteiger partial charge on any atom is -0.490 e. The van der Waals surface area contributed by atoms with Crippen molar-refractivity contribution in [1.82, 2.24) is 0 Å². The molecule has 0 aliphatic heterocycles. The number of amides is 3. The van der Waals surface area contributed by atoms with Crippen molar-refractivity contribution in [1.29, 1.82) is 0 Å². The van der Waals surface area contributed by atoms with Crippen LogP contribution in [0.3, 0.4) is 0 Å². The molecule has 34 heavy (non-hydrogen) atoms. The largest absolute Gasteiger partial charge is 0.490 e. The van der Waals surface area contributed by atoms with Crippen LogP contribution in [0, 0.1) is 5.82 Å². The quantitative estimate of drug-likeness (QED) is 0.516. The van der Waals surface area contributed by atoms with E-state index >= 15 is 0 Å². The van der Waals surface area contributed by atoms with E-state index in [0.29, 0.717) is 23.8 Å². The number of rotatable bonds is 6. The lowest BCUT2D eigenvalue weighted by Crippen LogP contribution is -2.22. The van der Waals surface area contributed by atoms with Crippen LogP contribution in [-0.4, -0.2) is 24.3 Å². The number of allylic oxidation sites excluding steroid dienone is 4. The molecule has 0 saturated heterocycles. The first kappa shape index (κ1) is 24.5. The number of halogens is 4. The number of nitrogens with two attached hydrogens (primary N) is 1. The summed E-state index contributed by atoms with van der Waals surface area (Å²) < 4.78 is 59.4. The van der Waals surface area contributed by atoms with Gasteiger partial charge in [-0.2, -0.15) is 13.2 Å². The van der Waals surface area contributed by atoms with Crippen molar-refractivity contribution in [2.75, 3.05) is 17.2 Å². The van der Waals surface area contributed by atoms with E-state index in [1.165, 1.54) is 18.2 Å². The molecule has 11 heteroatoms. The summed E-state index contributed by atoms with van der Waals surface area (Å²) >= 11 is 0. The molecule has 178 valence electrons. The molecule has 0 unspecified atom stereocenters. The zero-order valence-corrected chi connectivity index (χ0v) is 17.8. The Morgan fingerprint density at radius 1 is 1.12 bits per heavy atom. The summed E-state index contributed by atoms with van der Waals surface area (Å²) in [6.45, 7) is 2.03. The highest BCUT2D eigenvalue weighted by Gasteiger charge is 2.35. The lowest BCUT2D eigenvalue weighted by atomic mass is 9.97. The second-order valence-electron chi connectivity index (χ2n) is 7.12. The maximum absolute atomic E-state index is 14.6. The third-order valence-corrected chi connectivity index (χ3v) is 4.77. The minimum absolute atomic E-state index is 0.0969. The highest BCUT2D eigenvalue weighted by Crippen LogP contribution is 2.34. The molecule has 4 N–H and O–H groups in total. The molecule has 0 spiro atoms. The maximum Gasteiger partial charge on any atom is 0.417 e. The lowest BCUT2D eigenvalue weighted by Gasteiger charge is -2.15. The first-order valence-electron chi connectivity index (χ1n) is 9.96. The Kier molecular flexibility index (Phi) is 7.04. The number of alkyl halides is 3. The topological polar surface area (TPSA) is 111 Å². The molecule has 0 saturated carbocycles. The van der Waals surface area contributed by atoms with Gasteiger partial charge in [-0.1, -0.05) is 12.1 Å². The summed E-state index contributed by atoms with van der Waals surface area (Å²) in [6, 6.07) is 5.36. The van der Waals surface area contributed by atoms with E-state index in [4.69, 9.17) is 10.5 Å². The zero-order chi connectivity index (χ0) is 25.0. The Hall–Kier alpha value is -4.15. The molecule has 7 nitrogen and oxygen atoms in total. The van der Waals surface area contributed by atoms with E-state index in [1.54, 1.807) is 13.0 Å². The Morgan fingerprint density at radius 3 is 2.47 bits per heavy atom. The van der Waals surface area contributed by atoms with Crippen molar-refractivity contribution < 1.29 is 36.7 Å². The standard InChI is InChI=1S/C23H19F4N3O4/c1-2-34-20-10-13(4-8-19(20)31)12-3-7-18(17(24)9-12)30-22(33)29-14-5-6-15(21(28)32)16(11-14)23(25,26)27/h3-7,9-11H,2,8H2,1H3,(H2,28,32)(H2,29,30,33).